The minimum Gasteiger partial charge on any atom is -0.394 e. The van der Waals surface area contributed by atoms with Crippen LogP contribution in [0.15, 0.2) is 0 Å². The van der Waals surface area contributed by atoms with Gasteiger partial charge in [0.15, 0.2) is 11.9 Å². The smallest absolute Gasteiger partial charge is 0.218 e. The van der Waals surface area contributed by atoms with Crippen LogP contribution in [0.4, 0.5) is 0 Å². The van der Waals surface area contributed by atoms with Gasteiger partial charge in [-0.25, -0.2) is 0 Å². The summed E-state index contributed by atoms with van der Waals surface area (Å²) in [7, 11) is 0. The number of aldehydes is 1. The van der Waals surface area contributed by atoms with Gasteiger partial charge in [0.25, 0.3) is 0 Å². The molecule has 0 heterocycles. The Kier molecular flexibility index (Phi) is 5.48. The van der Waals surface area contributed by atoms with Crippen molar-refractivity contribution >= 4 is 12.2 Å². The second-order valence-corrected chi connectivity index (χ2v) is 3.42. The molecule has 0 aromatic rings. The Morgan fingerprint density at radius 1 is 1.50 bits per heavy atom. The molecule has 0 saturated carbocycles. The molecule has 0 aliphatic rings. The summed E-state index contributed by atoms with van der Waals surface area (Å²) >= 11 is 0. The second-order valence-electron chi connectivity index (χ2n) is 3.42. The Morgan fingerprint density at radius 2 is 2.00 bits per heavy atom. The first-order valence-corrected chi connectivity index (χ1v) is 4.47. The third-order valence-electron chi connectivity index (χ3n) is 1.98. The summed E-state index contributed by atoms with van der Waals surface area (Å²) in [5, 5.41) is 38.3. The van der Waals surface area contributed by atoms with Gasteiger partial charge in [-0.2, -0.15) is 0 Å². The molecule has 1 amide bonds. The molecule has 8 heteroatoms. The number of hydrogen-bond donors (Lipinski definition) is 6. The van der Waals surface area contributed by atoms with Gasteiger partial charge in [-0.1, -0.05) is 0 Å². The van der Waals surface area contributed by atoms with Crippen molar-refractivity contribution in [2.24, 2.45) is 5.73 Å². The molecule has 16 heavy (non-hydrogen) atoms. The summed E-state index contributed by atoms with van der Waals surface area (Å²) in [5.74, 6) is -0.695. The number of aliphatic hydroxyl groups excluding tert-OH is 4. The molecule has 8 nitrogen and oxygen atoms in total. The minimum atomic E-state index is -2.22. The summed E-state index contributed by atoms with van der Waals surface area (Å²) in [4.78, 5) is 21.4. The number of carbonyl (C=O) groups is 2. The number of amides is 1. The normalized spacial score (nSPS) is 20.4. The van der Waals surface area contributed by atoms with E-state index in [4.69, 9.17) is 15.9 Å². The Bertz CT molecular complexity index is 261. The van der Waals surface area contributed by atoms with E-state index < -0.39 is 36.5 Å². The Balaban J connectivity index is 4.81. The zero-order valence-corrected chi connectivity index (χ0v) is 8.70. The molecule has 7 N–H and O–H groups in total. The molecule has 0 aliphatic heterocycles. The van der Waals surface area contributed by atoms with E-state index in [0.29, 0.717) is 0 Å². The number of nitrogens with one attached hydrogen (secondary N) is 1. The van der Waals surface area contributed by atoms with Crippen molar-refractivity contribution in [3.8, 4) is 0 Å². The third kappa shape index (κ3) is 3.51. The lowest BCUT2D eigenvalue weighted by Gasteiger charge is -2.33. The zero-order valence-electron chi connectivity index (χ0n) is 8.70. The van der Waals surface area contributed by atoms with Crippen LogP contribution in [0.3, 0.4) is 0 Å². The van der Waals surface area contributed by atoms with E-state index in [2.05, 4.69) is 0 Å². The van der Waals surface area contributed by atoms with Gasteiger partial charge < -0.3 is 31.5 Å². The van der Waals surface area contributed by atoms with E-state index in [1.54, 1.807) is 0 Å². The molecule has 0 saturated heterocycles. The molecule has 0 rings (SSSR count). The van der Waals surface area contributed by atoms with Crippen molar-refractivity contribution in [1.82, 2.24) is 5.32 Å². The number of carbonyl (C=O) groups excluding carboxylic acids is 2. The lowest BCUT2D eigenvalue weighted by Crippen LogP contribution is -2.68. The zero-order chi connectivity index (χ0) is 12.9. The standard InChI is InChI=1S/C8H16N2O6/c1-4(13)10-8(9,3-12)7(16)6(15)5(14)2-11/h3,5-7,11,14-16H,2,9H2,1H3,(H,10,13)/t5?,6-,7+,8-/m1/s1. The summed E-state index contributed by atoms with van der Waals surface area (Å²) in [6, 6.07) is 0. The molecule has 0 aliphatic carbocycles. The highest BCUT2D eigenvalue weighted by Gasteiger charge is 2.41. The lowest BCUT2D eigenvalue weighted by atomic mass is 9.96. The first-order valence-electron chi connectivity index (χ1n) is 4.47. The Labute approximate surface area is 91.7 Å². The first kappa shape index (κ1) is 14.9. The average Bonchev–Trinajstić information content (AvgIpc) is 2.24. The van der Waals surface area contributed by atoms with E-state index >= 15 is 0 Å². The predicted octanol–water partition coefficient (Wildman–Crippen LogP) is -3.95. The first-order chi connectivity index (χ1) is 7.28. The van der Waals surface area contributed by atoms with Crippen LogP contribution >= 0.6 is 0 Å². The quantitative estimate of drug-likeness (QED) is 0.203. The molecule has 0 aromatic carbocycles. The molecule has 0 fully saturated rings. The number of aliphatic hydroxyl groups is 4. The van der Waals surface area contributed by atoms with Crippen LogP contribution in [-0.4, -0.2) is 63.2 Å². The van der Waals surface area contributed by atoms with Crippen LogP contribution in [0.25, 0.3) is 0 Å². The van der Waals surface area contributed by atoms with Crippen LogP contribution in [0.1, 0.15) is 6.92 Å². The maximum atomic E-state index is 10.7. The van der Waals surface area contributed by atoms with Crippen molar-refractivity contribution in [3.05, 3.63) is 0 Å². The van der Waals surface area contributed by atoms with Crippen LogP contribution in [-0.2, 0) is 9.59 Å². The van der Waals surface area contributed by atoms with Crippen LogP contribution in [0.5, 0.6) is 0 Å². The highest BCUT2D eigenvalue weighted by Crippen LogP contribution is 2.09. The van der Waals surface area contributed by atoms with E-state index in [1.807, 2.05) is 5.32 Å². The maximum Gasteiger partial charge on any atom is 0.218 e. The van der Waals surface area contributed by atoms with Crippen LogP contribution in [0, 0.1) is 0 Å². The monoisotopic (exact) mass is 236 g/mol. The molecular formula is C8H16N2O6. The van der Waals surface area contributed by atoms with E-state index in [-0.39, 0.29) is 6.29 Å². The van der Waals surface area contributed by atoms with Gasteiger partial charge in [0.05, 0.1) is 6.61 Å². The van der Waals surface area contributed by atoms with E-state index in [0.717, 1.165) is 6.92 Å². The highest BCUT2D eigenvalue weighted by atomic mass is 16.4. The molecule has 0 radical (unpaired) electrons. The summed E-state index contributed by atoms with van der Waals surface area (Å²) in [6.45, 7) is 0.236. The molecule has 94 valence electrons. The van der Waals surface area contributed by atoms with Gasteiger partial charge in [0, 0.05) is 6.92 Å². The van der Waals surface area contributed by atoms with Gasteiger partial charge in [-0.05, 0) is 0 Å². The van der Waals surface area contributed by atoms with E-state index in [9.17, 15) is 19.8 Å². The number of hydrogen-bond acceptors (Lipinski definition) is 7. The fourth-order valence-corrected chi connectivity index (χ4v) is 1.08. The van der Waals surface area contributed by atoms with Crippen molar-refractivity contribution in [2.75, 3.05) is 6.61 Å². The largest absolute Gasteiger partial charge is 0.394 e. The van der Waals surface area contributed by atoms with Crippen molar-refractivity contribution < 1.29 is 30.0 Å². The fraction of sp³-hybridized carbons (Fsp3) is 0.750. The predicted molar refractivity (Wildman–Crippen MR) is 51.9 cm³/mol. The van der Waals surface area contributed by atoms with Gasteiger partial charge in [0.2, 0.25) is 5.91 Å². The van der Waals surface area contributed by atoms with Crippen LogP contribution < -0.4 is 11.1 Å². The van der Waals surface area contributed by atoms with Crippen LogP contribution in [0.2, 0.25) is 0 Å². The molecule has 0 aromatic heterocycles. The number of nitrogens with two attached hydrogens (primary N) is 1. The topological polar surface area (TPSA) is 153 Å². The van der Waals surface area contributed by atoms with Gasteiger partial charge in [0.1, 0.15) is 18.3 Å². The van der Waals surface area contributed by atoms with Gasteiger partial charge >= 0.3 is 0 Å². The average molecular weight is 236 g/mol. The Morgan fingerprint density at radius 3 is 2.31 bits per heavy atom. The summed E-state index contributed by atoms with van der Waals surface area (Å²) in [5.41, 5.74) is 3.11. The minimum absolute atomic E-state index is 0.0341. The van der Waals surface area contributed by atoms with Crippen molar-refractivity contribution in [3.63, 3.8) is 0 Å². The van der Waals surface area contributed by atoms with E-state index in [1.165, 1.54) is 0 Å². The Hall–Kier alpha value is -1.06. The lowest BCUT2D eigenvalue weighted by molar-refractivity contribution is -0.139. The second kappa shape index (κ2) is 5.87. The molecule has 0 spiro atoms. The molecular weight excluding hydrogens is 220 g/mol. The maximum absolute atomic E-state index is 10.7. The van der Waals surface area contributed by atoms with Crippen molar-refractivity contribution in [2.45, 2.75) is 30.9 Å². The molecule has 1 unspecified atom stereocenters. The molecule has 0 bridgehead atoms. The van der Waals surface area contributed by atoms with Crippen molar-refractivity contribution in [1.29, 1.82) is 0 Å². The third-order valence-corrected chi connectivity index (χ3v) is 1.98. The fourth-order valence-electron chi connectivity index (χ4n) is 1.08. The SMILES string of the molecule is CC(=O)N[C@](N)(C=O)[C@@H](O)[C@H](O)C(O)CO. The number of rotatable bonds is 6. The summed E-state index contributed by atoms with van der Waals surface area (Å²) in [6.07, 6.45) is -5.46. The molecule has 4 atom stereocenters. The highest BCUT2D eigenvalue weighted by molar-refractivity contribution is 5.79. The van der Waals surface area contributed by atoms with Gasteiger partial charge in [-0.3, -0.25) is 9.59 Å². The van der Waals surface area contributed by atoms with Gasteiger partial charge in [-0.15, -0.1) is 0 Å². The summed E-state index contributed by atoms with van der Waals surface area (Å²) < 4.78 is 0.